The summed E-state index contributed by atoms with van der Waals surface area (Å²) in [4.78, 5) is 9.92. The number of hydrogen-bond acceptors (Lipinski definition) is 2. The van der Waals surface area contributed by atoms with Crippen LogP contribution in [0.1, 0.15) is 0 Å². The second-order valence-corrected chi connectivity index (χ2v) is 4.43. The van der Waals surface area contributed by atoms with Crippen LogP contribution in [-0.2, 0) is 0 Å². The smallest absolute Gasteiger partial charge is 0.258 e. The average Bonchev–Trinajstić information content (AvgIpc) is 1.96. The van der Waals surface area contributed by atoms with Crippen LogP contribution in [0.5, 0.6) is 0 Å². The molecule has 1 aromatic rings. The molecule has 0 saturated carbocycles. The predicted molar refractivity (Wildman–Crippen MR) is 58.5 cm³/mol. The maximum Gasteiger partial charge on any atom is 0.290 e. The van der Waals surface area contributed by atoms with Crippen LogP contribution in [-0.4, -0.2) is 4.92 Å². The Bertz CT molecular complexity index is 345. The molecule has 3 nitrogen and oxygen atoms in total. The molecule has 0 aromatic heterocycles. The summed E-state index contributed by atoms with van der Waals surface area (Å²) in [6.07, 6.45) is 0. The summed E-state index contributed by atoms with van der Waals surface area (Å²) in [7, 11) is 0. The van der Waals surface area contributed by atoms with Crippen LogP contribution in [0.3, 0.4) is 0 Å². The molecule has 64 valence electrons. The molecule has 0 fully saturated rings. The summed E-state index contributed by atoms with van der Waals surface area (Å²) < 4.78 is 1.32. The summed E-state index contributed by atoms with van der Waals surface area (Å²) in [5, 5.41) is 10.6. The summed E-state index contributed by atoms with van der Waals surface area (Å²) in [6.45, 7) is 0. The van der Waals surface area contributed by atoms with Gasteiger partial charge in [0.25, 0.3) is 5.69 Å². The minimum Gasteiger partial charge on any atom is -0.258 e. The lowest BCUT2D eigenvalue weighted by molar-refractivity contribution is -0.384. The van der Waals surface area contributed by atoms with Gasteiger partial charge in [-0.15, -0.1) is 0 Å². The molecule has 0 bridgehead atoms. The van der Waals surface area contributed by atoms with Crippen LogP contribution in [0.2, 0.25) is 5.02 Å². The van der Waals surface area contributed by atoms with Crippen molar-refractivity contribution in [2.45, 2.75) is 0 Å². The Hall–Kier alpha value is 0.120. The lowest BCUT2D eigenvalue weighted by atomic mass is 10.3. The van der Waals surface area contributed by atoms with Crippen molar-refractivity contribution in [1.29, 1.82) is 0 Å². The zero-order valence-electron chi connectivity index (χ0n) is 5.55. The minimum absolute atomic E-state index is 0.0737. The van der Waals surface area contributed by atoms with Crippen molar-refractivity contribution in [2.75, 3.05) is 0 Å². The van der Waals surface area contributed by atoms with Gasteiger partial charge in [0.15, 0.2) is 0 Å². The molecule has 0 spiro atoms. The van der Waals surface area contributed by atoms with Crippen molar-refractivity contribution in [3.63, 3.8) is 0 Å². The molecule has 0 heterocycles. The monoisotopic (exact) mass is 361 g/mol. The van der Waals surface area contributed by atoms with E-state index >= 15 is 0 Å². The Labute approximate surface area is 95.5 Å². The first-order valence-corrected chi connectivity index (χ1v) is 5.06. The maximum atomic E-state index is 10.4. The van der Waals surface area contributed by atoms with Crippen LogP contribution in [0.25, 0.3) is 0 Å². The second kappa shape index (κ2) is 3.89. The number of nitrogens with zero attached hydrogens (tertiary/aromatic N) is 1. The van der Waals surface area contributed by atoms with E-state index in [4.69, 9.17) is 11.6 Å². The third-order valence-corrected chi connectivity index (χ3v) is 3.20. The fourth-order valence-corrected chi connectivity index (χ4v) is 2.34. The van der Waals surface area contributed by atoms with Gasteiger partial charge in [-0.05, 0) is 28.7 Å². The maximum absolute atomic E-state index is 10.4. The quantitative estimate of drug-likeness (QED) is 0.331. The third-order valence-electron chi connectivity index (χ3n) is 1.17. The number of benzene rings is 1. The van der Waals surface area contributed by atoms with Gasteiger partial charge in [0.2, 0.25) is 0 Å². The zero-order valence-corrected chi connectivity index (χ0v) is 10.1. The molecule has 0 saturated heterocycles. The van der Waals surface area contributed by atoms with E-state index in [-0.39, 0.29) is 10.7 Å². The van der Waals surface area contributed by atoms with Gasteiger partial charge in [-0.1, -0.05) is 27.5 Å². The van der Waals surface area contributed by atoms with Crippen molar-refractivity contribution in [2.24, 2.45) is 0 Å². The van der Waals surface area contributed by atoms with Gasteiger partial charge in [-0.3, -0.25) is 10.1 Å². The Balaban J connectivity index is 3.37. The van der Waals surface area contributed by atoms with Crippen molar-refractivity contribution < 1.29 is 4.92 Å². The van der Waals surface area contributed by atoms with E-state index in [9.17, 15) is 10.1 Å². The molecule has 6 heteroatoms. The van der Waals surface area contributed by atoms with E-state index in [1.807, 2.05) is 22.6 Å². The molecule has 0 unspecified atom stereocenters. The van der Waals surface area contributed by atoms with E-state index in [0.29, 0.717) is 8.04 Å². The van der Waals surface area contributed by atoms with E-state index in [1.165, 1.54) is 6.07 Å². The van der Waals surface area contributed by atoms with Gasteiger partial charge in [0.1, 0.15) is 5.02 Å². The van der Waals surface area contributed by atoms with E-state index in [0.717, 1.165) is 0 Å². The van der Waals surface area contributed by atoms with Crippen molar-refractivity contribution >= 4 is 55.8 Å². The molecule has 0 atom stereocenters. The van der Waals surface area contributed by atoms with E-state index in [2.05, 4.69) is 15.9 Å². The normalized spacial score (nSPS) is 9.92. The topological polar surface area (TPSA) is 43.1 Å². The minimum atomic E-state index is -0.505. The van der Waals surface area contributed by atoms with Gasteiger partial charge in [0, 0.05) is 14.1 Å². The fraction of sp³-hybridized carbons (Fsp3) is 0. The predicted octanol–water partition coefficient (Wildman–Crippen LogP) is 3.62. The summed E-state index contributed by atoms with van der Waals surface area (Å²) >= 11 is 10.8. The molecule has 1 rings (SSSR count). The van der Waals surface area contributed by atoms with Crippen LogP contribution in [0, 0.1) is 13.7 Å². The molecule has 0 aliphatic rings. The molecule has 12 heavy (non-hydrogen) atoms. The van der Waals surface area contributed by atoms with Crippen molar-refractivity contribution in [3.05, 3.63) is 35.3 Å². The molecule has 0 N–H and O–H groups in total. The molecule has 0 aliphatic carbocycles. The number of hydrogen-bond donors (Lipinski definition) is 0. The number of halogens is 3. The first-order chi connectivity index (χ1) is 5.52. The first kappa shape index (κ1) is 10.2. The van der Waals surface area contributed by atoms with Crippen LogP contribution in [0.4, 0.5) is 5.69 Å². The van der Waals surface area contributed by atoms with Gasteiger partial charge in [-0.2, -0.15) is 0 Å². The Kier molecular flexibility index (Phi) is 3.30. The summed E-state index contributed by atoms with van der Waals surface area (Å²) in [6, 6.07) is 3.10. The van der Waals surface area contributed by atoms with Crippen LogP contribution in [0.15, 0.2) is 16.6 Å². The van der Waals surface area contributed by atoms with E-state index < -0.39 is 4.92 Å². The Morgan fingerprint density at radius 2 is 2.17 bits per heavy atom. The van der Waals surface area contributed by atoms with Crippen LogP contribution < -0.4 is 0 Å². The molecule has 1 aromatic carbocycles. The second-order valence-electron chi connectivity index (χ2n) is 1.98. The standard InChI is InChI=1S/C6H2BrClINO2/c7-3-1-4(9)6(8)5(2-3)10(11)12/h1-2H. The van der Waals surface area contributed by atoms with Crippen molar-refractivity contribution in [1.82, 2.24) is 0 Å². The van der Waals surface area contributed by atoms with Gasteiger partial charge >= 0.3 is 0 Å². The molecular weight excluding hydrogens is 360 g/mol. The van der Waals surface area contributed by atoms with Crippen molar-refractivity contribution in [3.8, 4) is 0 Å². The molecule has 0 amide bonds. The zero-order chi connectivity index (χ0) is 9.30. The van der Waals surface area contributed by atoms with Gasteiger partial charge < -0.3 is 0 Å². The molecule has 0 radical (unpaired) electrons. The summed E-state index contributed by atoms with van der Waals surface area (Å²) in [5.74, 6) is 0. The Morgan fingerprint density at radius 3 is 2.67 bits per heavy atom. The van der Waals surface area contributed by atoms with Gasteiger partial charge in [0.05, 0.1) is 4.92 Å². The SMILES string of the molecule is O=[N+]([O-])c1cc(Br)cc(I)c1Cl. The highest BCUT2D eigenvalue weighted by Gasteiger charge is 2.15. The first-order valence-electron chi connectivity index (χ1n) is 2.81. The number of nitro groups is 1. The van der Waals surface area contributed by atoms with Crippen LogP contribution >= 0.6 is 50.1 Å². The third kappa shape index (κ3) is 2.08. The number of rotatable bonds is 1. The van der Waals surface area contributed by atoms with E-state index in [1.54, 1.807) is 6.07 Å². The highest BCUT2D eigenvalue weighted by Crippen LogP contribution is 2.32. The fourth-order valence-electron chi connectivity index (χ4n) is 0.675. The average molecular weight is 362 g/mol. The molecule has 0 aliphatic heterocycles. The lowest BCUT2D eigenvalue weighted by Crippen LogP contribution is -1.90. The summed E-state index contributed by atoms with van der Waals surface area (Å²) in [5.41, 5.74) is -0.0737. The lowest BCUT2D eigenvalue weighted by Gasteiger charge is -1.98. The largest absolute Gasteiger partial charge is 0.290 e. The highest BCUT2D eigenvalue weighted by atomic mass is 127. The highest BCUT2D eigenvalue weighted by molar-refractivity contribution is 14.1. The molecular formula is C6H2BrClINO2. The Morgan fingerprint density at radius 1 is 1.58 bits per heavy atom. The van der Waals surface area contributed by atoms with Gasteiger partial charge in [-0.25, -0.2) is 0 Å². The number of nitro benzene ring substituents is 1.